The van der Waals surface area contributed by atoms with Crippen molar-refractivity contribution in [3.05, 3.63) is 101 Å². The average molecular weight is 449 g/mol. The molecule has 1 amide bonds. The Balaban J connectivity index is 1.48. The highest BCUT2D eigenvalue weighted by molar-refractivity contribution is 7.89. The summed E-state index contributed by atoms with van der Waals surface area (Å²) in [5.41, 5.74) is 4.59. The number of nitrogens with zero attached hydrogens (tertiary/aromatic N) is 2. The SMILES string of the molecule is Cc1ccc(S(=O)(=O)N2CCN(C(=O)c3ccccc3Cc3ccccc3)CC2)c(C)c1. The van der Waals surface area contributed by atoms with Gasteiger partial charge >= 0.3 is 0 Å². The van der Waals surface area contributed by atoms with Gasteiger partial charge in [0.2, 0.25) is 10.0 Å². The molecule has 0 aromatic heterocycles. The van der Waals surface area contributed by atoms with Gasteiger partial charge in [0.05, 0.1) is 4.90 Å². The van der Waals surface area contributed by atoms with Gasteiger partial charge in [-0.2, -0.15) is 4.31 Å². The Morgan fingerprint density at radius 2 is 1.50 bits per heavy atom. The Morgan fingerprint density at radius 1 is 0.844 bits per heavy atom. The Hall–Kier alpha value is -2.96. The quantitative estimate of drug-likeness (QED) is 0.592. The summed E-state index contributed by atoms with van der Waals surface area (Å²) in [6.07, 6.45) is 0.684. The zero-order valence-corrected chi connectivity index (χ0v) is 19.3. The molecule has 32 heavy (non-hydrogen) atoms. The topological polar surface area (TPSA) is 57.7 Å². The molecule has 1 fully saturated rings. The van der Waals surface area contributed by atoms with Crippen molar-refractivity contribution in [1.82, 2.24) is 9.21 Å². The van der Waals surface area contributed by atoms with Crippen LogP contribution in [0.4, 0.5) is 0 Å². The number of hydrogen-bond acceptors (Lipinski definition) is 3. The summed E-state index contributed by atoms with van der Waals surface area (Å²) < 4.78 is 27.8. The van der Waals surface area contributed by atoms with E-state index >= 15 is 0 Å². The molecular formula is C26H28N2O3S. The third kappa shape index (κ3) is 4.61. The maximum atomic E-state index is 13.3. The molecule has 1 saturated heterocycles. The minimum Gasteiger partial charge on any atom is -0.336 e. The van der Waals surface area contributed by atoms with E-state index in [9.17, 15) is 13.2 Å². The second-order valence-electron chi connectivity index (χ2n) is 8.28. The standard InChI is InChI=1S/C26H28N2O3S/c1-20-12-13-25(21(2)18-20)32(30,31)28-16-14-27(15-17-28)26(29)24-11-7-6-10-23(24)19-22-8-4-3-5-9-22/h3-13,18H,14-17,19H2,1-2H3. The molecule has 0 spiro atoms. The van der Waals surface area contributed by atoms with Crippen LogP contribution in [-0.4, -0.2) is 49.7 Å². The molecule has 1 aliphatic heterocycles. The molecule has 0 unspecified atom stereocenters. The van der Waals surface area contributed by atoms with Gasteiger partial charge in [0.15, 0.2) is 0 Å². The van der Waals surface area contributed by atoms with Crippen LogP contribution in [0.3, 0.4) is 0 Å². The average Bonchev–Trinajstić information content (AvgIpc) is 2.79. The van der Waals surface area contributed by atoms with E-state index in [1.54, 1.807) is 11.0 Å². The Bertz CT molecular complexity index is 1210. The summed E-state index contributed by atoms with van der Waals surface area (Å²) in [7, 11) is -3.58. The van der Waals surface area contributed by atoms with Crippen LogP contribution in [0.25, 0.3) is 0 Å². The lowest BCUT2D eigenvalue weighted by Gasteiger charge is -2.34. The van der Waals surface area contributed by atoms with Crippen LogP contribution in [0.1, 0.15) is 32.6 Å². The largest absolute Gasteiger partial charge is 0.336 e. The Kier molecular flexibility index (Phi) is 6.44. The maximum absolute atomic E-state index is 13.3. The van der Waals surface area contributed by atoms with E-state index in [1.165, 1.54) is 4.31 Å². The fraction of sp³-hybridized carbons (Fsp3) is 0.269. The number of amides is 1. The second-order valence-corrected chi connectivity index (χ2v) is 10.2. The molecule has 0 atom stereocenters. The third-order valence-electron chi connectivity index (χ3n) is 5.96. The lowest BCUT2D eigenvalue weighted by atomic mass is 9.99. The highest BCUT2D eigenvalue weighted by Gasteiger charge is 2.31. The van der Waals surface area contributed by atoms with E-state index in [-0.39, 0.29) is 5.91 Å². The molecule has 166 valence electrons. The van der Waals surface area contributed by atoms with Gasteiger partial charge in [0, 0.05) is 31.7 Å². The summed E-state index contributed by atoms with van der Waals surface area (Å²) in [6.45, 7) is 5.11. The number of rotatable bonds is 5. The van der Waals surface area contributed by atoms with E-state index in [2.05, 4.69) is 12.1 Å². The molecule has 0 aliphatic carbocycles. The van der Waals surface area contributed by atoms with Crippen LogP contribution in [0.5, 0.6) is 0 Å². The van der Waals surface area contributed by atoms with Crippen LogP contribution in [-0.2, 0) is 16.4 Å². The van der Waals surface area contributed by atoms with Crippen molar-refractivity contribution in [2.45, 2.75) is 25.2 Å². The molecule has 1 aliphatic rings. The first-order chi connectivity index (χ1) is 15.4. The zero-order chi connectivity index (χ0) is 22.7. The van der Waals surface area contributed by atoms with Crippen LogP contribution < -0.4 is 0 Å². The number of aryl methyl sites for hydroxylation is 2. The summed E-state index contributed by atoms with van der Waals surface area (Å²) in [5.74, 6) is -0.0416. The number of carbonyl (C=O) groups is 1. The predicted octanol–water partition coefficient (Wildman–Crippen LogP) is 4.04. The molecule has 5 nitrogen and oxygen atoms in total. The van der Waals surface area contributed by atoms with Gasteiger partial charge in [-0.25, -0.2) is 8.42 Å². The summed E-state index contributed by atoms with van der Waals surface area (Å²) in [6, 6.07) is 23.1. The highest BCUT2D eigenvalue weighted by atomic mass is 32.2. The fourth-order valence-corrected chi connectivity index (χ4v) is 5.86. The molecule has 3 aromatic carbocycles. The molecule has 0 N–H and O–H groups in total. The minimum absolute atomic E-state index is 0.0416. The van der Waals surface area contributed by atoms with Gasteiger partial charge in [-0.05, 0) is 49.1 Å². The van der Waals surface area contributed by atoms with Crippen molar-refractivity contribution in [2.24, 2.45) is 0 Å². The van der Waals surface area contributed by atoms with Gasteiger partial charge in [-0.1, -0.05) is 66.2 Å². The number of sulfonamides is 1. The molecule has 0 radical (unpaired) electrons. The van der Waals surface area contributed by atoms with Crippen LogP contribution >= 0.6 is 0 Å². The van der Waals surface area contributed by atoms with Gasteiger partial charge < -0.3 is 4.90 Å². The van der Waals surface area contributed by atoms with E-state index in [0.29, 0.717) is 43.1 Å². The number of benzene rings is 3. The maximum Gasteiger partial charge on any atom is 0.254 e. The molecule has 4 rings (SSSR count). The Labute approximate surface area is 190 Å². The van der Waals surface area contributed by atoms with Crippen LogP contribution in [0.2, 0.25) is 0 Å². The monoisotopic (exact) mass is 448 g/mol. The van der Waals surface area contributed by atoms with Crippen LogP contribution in [0, 0.1) is 13.8 Å². The number of hydrogen-bond donors (Lipinski definition) is 0. The van der Waals surface area contributed by atoms with Gasteiger partial charge in [-0.3, -0.25) is 4.79 Å². The lowest BCUT2D eigenvalue weighted by Crippen LogP contribution is -2.50. The number of piperazine rings is 1. The van der Waals surface area contributed by atoms with Crippen LogP contribution in [0.15, 0.2) is 77.7 Å². The van der Waals surface area contributed by atoms with Crippen molar-refractivity contribution >= 4 is 15.9 Å². The highest BCUT2D eigenvalue weighted by Crippen LogP contribution is 2.23. The third-order valence-corrected chi connectivity index (χ3v) is 8.02. The number of carbonyl (C=O) groups excluding carboxylic acids is 1. The fourth-order valence-electron chi connectivity index (χ4n) is 4.23. The zero-order valence-electron chi connectivity index (χ0n) is 18.5. The van der Waals surface area contributed by atoms with Gasteiger partial charge in [-0.15, -0.1) is 0 Å². The van der Waals surface area contributed by atoms with E-state index in [1.807, 2.05) is 68.4 Å². The summed E-state index contributed by atoms with van der Waals surface area (Å²) in [5, 5.41) is 0. The first-order valence-electron chi connectivity index (χ1n) is 10.8. The van der Waals surface area contributed by atoms with Crippen molar-refractivity contribution in [2.75, 3.05) is 26.2 Å². The second kappa shape index (κ2) is 9.27. The minimum atomic E-state index is -3.58. The summed E-state index contributed by atoms with van der Waals surface area (Å²) >= 11 is 0. The van der Waals surface area contributed by atoms with E-state index in [4.69, 9.17) is 0 Å². The van der Waals surface area contributed by atoms with E-state index < -0.39 is 10.0 Å². The first kappa shape index (κ1) is 22.2. The van der Waals surface area contributed by atoms with Crippen molar-refractivity contribution < 1.29 is 13.2 Å². The van der Waals surface area contributed by atoms with Crippen molar-refractivity contribution in [3.8, 4) is 0 Å². The lowest BCUT2D eigenvalue weighted by molar-refractivity contribution is 0.0697. The summed E-state index contributed by atoms with van der Waals surface area (Å²) in [4.78, 5) is 15.4. The van der Waals surface area contributed by atoms with E-state index in [0.717, 1.165) is 22.3 Å². The normalized spacial score (nSPS) is 15.0. The smallest absolute Gasteiger partial charge is 0.254 e. The van der Waals surface area contributed by atoms with Crippen molar-refractivity contribution in [3.63, 3.8) is 0 Å². The Morgan fingerprint density at radius 3 is 2.19 bits per heavy atom. The molecule has 3 aromatic rings. The van der Waals surface area contributed by atoms with Gasteiger partial charge in [0.1, 0.15) is 0 Å². The molecule has 0 saturated carbocycles. The van der Waals surface area contributed by atoms with Gasteiger partial charge in [0.25, 0.3) is 5.91 Å². The molecule has 1 heterocycles. The first-order valence-corrected chi connectivity index (χ1v) is 12.3. The predicted molar refractivity (Wildman–Crippen MR) is 126 cm³/mol. The molecule has 6 heteroatoms. The molecular weight excluding hydrogens is 420 g/mol. The van der Waals surface area contributed by atoms with Crippen molar-refractivity contribution in [1.29, 1.82) is 0 Å². The molecule has 0 bridgehead atoms.